The summed E-state index contributed by atoms with van der Waals surface area (Å²) >= 11 is 1.79. The highest BCUT2D eigenvalue weighted by molar-refractivity contribution is 7.99. The number of rotatable bonds is 5. The summed E-state index contributed by atoms with van der Waals surface area (Å²) < 4.78 is 2.20. The van der Waals surface area contributed by atoms with Gasteiger partial charge in [-0.3, -0.25) is 0 Å². The van der Waals surface area contributed by atoms with Crippen molar-refractivity contribution in [2.24, 2.45) is 5.92 Å². The molecule has 0 N–H and O–H groups in total. The molecule has 102 valence electrons. The second-order valence-electron chi connectivity index (χ2n) is 5.12. The molecule has 1 heterocycles. The Morgan fingerprint density at radius 1 is 1.26 bits per heavy atom. The van der Waals surface area contributed by atoms with Gasteiger partial charge in [-0.15, -0.1) is 10.2 Å². The summed E-state index contributed by atoms with van der Waals surface area (Å²) in [6.07, 6.45) is 0. The molecule has 1 aromatic heterocycles. The van der Waals surface area contributed by atoms with Crippen molar-refractivity contribution in [3.8, 4) is 11.4 Å². The predicted octanol–water partition coefficient (Wildman–Crippen LogP) is 4.02. The fraction of sp³-hybridized carbons (Fsp3) is 0.467. The van der Waals surface area contributed by atoms with E-state index in [-0.39, 0.29) is 0 Å². The molecule has 3 nitrogen and oxygen atoms in total. The third-order valence-corrected chi connectivity index (χ3v) is 4.25. The smallest absolute Gasteiger partial charge is 0.191 e. The lowest BCUT2D eigenvalue weighted by Gasteiger charge is -2.08. The molecular weight excluding hydrogens is 254 g/mol. The molecule has 0 aliphatic rings. The van der Waals surface area contributed by atoms with Gasteiger partial charge in [-0.1, -0.05) is 49.4 Å². The van der Waals surface area contributed by atoms with Crippen LogP contribution < -0.4 is 0 Å². The van der Waals surface area contributed by atoms with Crippen molar-refractivity contribution >= 4 is 11.8 Å². The number of hydrogen-bond donors (Lipinski definition) is 0. The van der Waals surface area contributed by atoms with Crippen LogP contribution in [0.2, 0.25) is 0 Å². The fourth-order valence-corrected chi connectivity index (χ4v) is 2.87. The summed E-state index contributed by atoms with van der Waals surface area (Å²) in [7, 11) is 0. The molecule has 0 spiro atoms. The van der Waals surface area contributed by atoms with Crippen molar-refractivity contribution in [1.29, 1.82) is 0 Å². The van der Waals surface area contributed by atoms with Crippen molar-refractivity contribution in [3.63, 3.8) is 0 Å². The van der Waals surface area contributed by atoms with Crippen molar-refractivity contribution in [2.75, 3.05) is 5.75 Å². The number of hydrogen-bond acceptors (Lipinski definition) is 3. The third-order valence-electron chi connectivity index (χ3n) is 2.86. The molecule has 0 bridgehead atoms. The maximum absolute atomic E-state index is 4.37. The van der Waals surface area contributed by atoms with Crippen molar-refractivity contribution in [3.05, 3.63) is 29.8 Å². The Morgan fingerprint density at radius 2 is 2.05 bits per heavy atom. The Morgan fingerprint density at radius 3 is 2.68 bits per heavy atom. The molecule has 0 radical (unpaired) electrons. The van der Waals surface area contributed by atoms with E-state index in [9.17, 15) is 0 Å². The normalized spacial score (nSPS) is 11.2. The largest absolute Gasteiger partial charge is 0.302 e. The highest BCUT2D eigenvalue weighted by atomic mass is 32.2. The molecule has 0 saturated heterocycles. The number of aryl methyl sites for hydroxylation is 1. The first-order valence-electron chi connectivity index (χ1n) is 6.74. The van der Waals surface area contributed by atoms with Crippen LogP contribution in [-0.2, 0) is 6.54 Å². The van der Waals surface area contributed by atoms with E-state index in [1.807, 2.05) is 0 Å². The molecule has 0 fully saturated rings. The van der Waals surface area contributed by atoms with Gasteiger partial charge in [-0.05, 0) is 25.8 Å². The molecule has 0 amide bonds. The predicted molar refractivity (Wildman–Crippen MR) is 81.4 cm³/mol. The standard InChI is InChI=1S/C15H21N3S/c1-5-18-14(13-8-6-7-12(4)9-13)16-17-15(18)19-10-11(2)3/h6-9,11H,5,10H2,1-4H3. The lowest BCUT2D eigenvalue weighted by atomic mass is 10.1. The second kappa shape index (κ2) is 6.24. The summed E-state index contributed by atoms with van der Waals surface area (Å²) in [5.74, 6) is 2.71. The zero-order chi connectivity index (χ0) is 13.8. The molecule has 4 heteroatoms. The Labute approximate surface area is 119 Å². The van der Waals surface area contributed by atoms with E-state index >= 15 is 0 Å². The lowest BCUT2D eigenvalue weighted by molar-refractivity contribution is 0.682. The van der Waals surface area contributed by atoms with Crippen molar-refractivity contribution in [1.82, 2.24) is 14.8 Å². The minimum Gasteiger partial charge on any atom is -0.302 e. The first kappa shape index (κ1) is 14.1. The number of nitrogens with zero attached hydrogens (tertiary/aromatic N) is 3. The van der Waals surface area contributed by atoms with E-state index in [4.69, 9.17) is 0 Å². The Bertz CT molecular complexity index is 546. The van der Waals surface area contributed by atoms with E-state index in [0.29, 0.717) is 5.92 Å². The Kier molecular flexibility index (Phi) is 4.64. The molecule has 2 aromatic rings. The van der Waals surface area contributed by atoms with Gasteiger partial charge in [-0.25, -0.2) is 0 Å². The molecule has 0 aliphatic heterocycles. The monoisotopic (exact) mass is 275 g/mol. The number of aromatic nitrogens is 3. The van der Waals surface area contributed by atoms with Gasteiger partial charge in [0, 0.05) is 17.9 Å². The van der Waals surface area contributed by atoms with Crippen LogP contribution >= 0.6 is 11.8 Å². The summed E-state index contributed by atoms with van der Waals surface area (Å²) in [6.45, 7) is 9.59. The van der Waals surface area contributed by atoms with Crippen LogP contribution in [0.5, 0.6) is 0 Å². The van der Waals surface area contributed by atoms with Gasteiger partial charge < -0.3 is 4.57 Å². The Balaban J connectivity index is 2.31. The zero-order valence-corrected chi connectivity index (χ0v) is 12.9. The van der Waals surface area contributed by atoms with Gasteiger partial charge in [0.2, 0.25) is 0 Å². The first-order valence-corrected chi connectivity index (χ1v) is 7.73. The SMILES string of the molecule is CCn1c(SCC(C)C)nnc1-c1cccc(C)c1. The molecule has 2 rings (SSSR count). The molecule has 0 saturated carbocycles. The van der Waals surface area contributed by atoms with Gasteiger partial charge in [-0.2, -0.15) is 0 Å². The van der Waals surface area contributed by atoms with Crippen molar-refractivity contribution < 1.29 is 0 Å². The molecule has 1 aromatic carbocycles. The van der Waals surface area contributed by atoms with Crippen LogP contribution in [0.25, 0.3) is 11.4 Å². The first-order chi connectivity index (χ1) is 9.11. The summed E-state index contributed by atoms with van der Waals surface area (Å²) in [5, 5.41) is 9.73. The lowest BCUT2D eigenvalue weighted by Crippen LogP contribution is -2.01. The molecule has 19 heavy (non-hydrogen) atoms. The molecular formula is C15H21N3S. The quantitative estimate of drug-likeness (QED) is 0.772. The van der Waals surface area contributed by atoms with Gasteiger partial charge in [0.15, 0.2) is 11.0 Å². The Hall–Kier alpha value is -1.29. The average Bonchev–Trinajstić information content (AvgIpc) is 2.79. The summed E-state index contributed by atoms with van der Waals surface area (Å²) in [5.41, 5.74) is 2.39. The van der Waals surface area contributed by atoms with Crippen molar-refractivity contribution in [2.45, 2.75) is 39.4 Å². The maximum atomic E-state index is 4.37. The van der Waals surface area contributed by atoms with Crippen LogP contribution in [0.4, 0.5) is 0 Å². The van der Waals surface area contributed by atoms with E-state index < -0.39 is 0 Å². The fourth-order valence-electron chi connectivity index (χ4n) is 1.92. The highest BCUT2D eigenvalue weighted by Gasteiger charge is 2.13. The second-order valence-corrected chi connectivity index (χ2v) is 6.11. The van der Waals surface area contributed by atoms with E-state index in [0.717, 1.165) is 28.8 Å². The summed E-state index contributed by atoms with van der Waals surface area (Å²) in [6, 6.07) is 8.43. The number of thioether (sulfide) groups is 1. The zero-order valence-electron chi connectivity index (χ0n) is 12.1. The van der Waals surface area contributed by atoms with Gasteiger partial charge in [0.1, 0.15) is 0 Å². The minimum atomic E-state index is 0.662. The number of benzene rings is 1. The highest BCUT2D eigenvalue weighted by Crippen LogP contribution is 2.25. The average molecular weight is 275 g/mol. The van der Waals surface area contributed by atoms with Crippen LogP contribution in [-0.4, -0.2) is 20.5 Å². The van der Waals surface area contributed by atoms with E-state index in [1.54, 1.807) is 11.8 Å². The topological polar surface area (TPSA) is 30.7 Å². The van der Waals surface area contributed by atoms with Crippen LogP contribution in [0.15, 0.2) is 29.4 Å². The molecule has 0 unspecified atom stereocenters. The van der Waals surface area contributed by atoms with E-state index in [2.05, 4.69) is 66.7 Å². The summed E-state index contributed by atoms with van der Waals surface area (Å²) in [4.78, 5) is 0. The van der Waals surface area contributed by atoms with Crippen LogP contribution in [0.3, 0.4) is 0 Å². The van der Waals surface area contributed by atoms with Gasteiger partial charge in [0.05, 0.1) is 0 Å². The van der Waals surface area contributed by atoms with Gasteiger partial charge in [0.25, 0.3) is 0 Å². The van der Waals surface area contributed by atoms with E-state index in [1.165, 1.54) is 5.56 Å². The third kappa shape index (κ3) is 3.38. The maximum Gasteiger partial charge on any atom is 0.191 e. The van der Waals surface area contributed by atoms with Gasteiger partial charge >= 0.3 is 0 Å². The molecule has 0 atom stereocenters. The van der Waals surface area contributed by atoms with Crippen LogP contribution in [0.1, 0.15) is 26.3 Å². The molecule has 0 aliphatic carbocycles. The van der Waals surface area contributed by atoms with Crippen LogP contribution in [0, 0.1) is 12.8 Å². The minimum absolute atomic E-state index is 0.662.